The summed E-state index contributed by atoms with van der Waals surface area (Å²) in [6.45, 7) is 0.655. The Hall–Kier alpha value is -3.84. The largest absolute Gasteiger partial charge is 0.466 e. The van der Waals surface area contributed by atoms with Gasteiger partial charge >= 0.3 is 23.3 Å². The van der Waals surface area contributed by atoms with Crippen LogP contribution in [-0.2, 0) is 32.2 Å². The molecule has 2 aromatic rings. The summed E-state index contributed by atoms with van der Waals surface area (Å²) in [5, 5.41) is 14.7. The molecule has 0 N–H and O–H groups in total. The fraction of sp³-hybridized carbons (Fsp3) is 0.467. The highest BCUT2D eigenvalue weighted by Crippen LogP contribution is 1.98. The topological polar surface area (TPSA) is 158 Å². The normalized spacial score (nSPS) is 11.4. The van der Waals surface area contributed by atoms with Gasteiger partial charge in [0.25, 0.3) is 0 Å². The number of hydrogen-bond acceptors (Lipinski definition) is 10. The molecule has 0 unspecified atom stereocenters. The second-order valence-electron chi connectivity index (χ2n) is 5.60. The van der Waals surface area contributed by atoms with Crippen LogP contribution in [0.4, 0.5) is 0 Å². The second kappa shape index (κ2) is 10.5. The van der Waals surface area contributed by atoms with E-state index < -0.39 is 23.3 Å². The maximum Gasteiger partial charge on any atom is 0.367 e. The number of nitrogens with zero attached hydrogens (tertiary/aromatic N) is 8. The van der Waals surface area contributed by atoms with Crippen LogP contribution in [0.15, 0.2) is 21.7 Å². The maximum atomic E-state index is 12.0. The maximum absolute atomic E-state index is 12.0. The molecule has 0 aromatic carbocycles. The minimum absolute atomic E-state index is 0.328. The minimum Gasteiger partial charge on any atom is -0.466 e. The van der Waals surface area contributed by atoms with Crippen molar-refractivity contribution in [2.75, 3.05) is 14.2 Å². The highest BCUT2D eigenvalue weighted by Gasteiger charge is 2.07. The van der Waals surface area contributed by atoms with Crippen LogP contribution < -0.4 is 11.4 Å². The molecule has 0 radical (unpaired) electrons. The van der Waals surface area contributed by atoms with Gasteiger partial charge in [-0.1, -0.05) is 0 Å². The van der Waals surface area contributed by atoms with E-state index in [4.69, 9.17) is 0 Å². The summed E-state index contributed by atoms with van der Waals surface area (Å²) in [5.41, 5.74) is -0.969. The molecule has 0 saturated heterocycles. The zero-order valence-corrected chi connectivity index (χ0v) is 15.9. The van der Waals surface area contributed by atoms with Crippen molar-refractivity contribution in [3.05, 3.63) is 33.1 Å². The Morgan fingerprint density at radius 1 is 0.759 bits per heavy atom. The molecule has 0 saturated carbocycles. The van der Waals surface area contributed by atoms with Gasteiger partial charge in [-0.05, 0) is 40.1 Å². The van der Waals surface area contributed by atoms with Crippen LogP contribution in [0.5, 0.6) is 0 Å². The van der Waals surface area contributed by atoms with Crippen LogP contribution in [0.3, 0.4) is 0 Å². The number of rotatable bonds is 10. The zero-order chi connectivity index (χ0) is 21.2. The molecule has 2 heterocycles. The SMILES string of the molecule is COC(=O)/C=C/n1nnn(CCCCCn2nnn(/C=C/C(=O)OC)c2=O)c1=O. The van der Waals surface area contributed by atoms with Gasteiger partial charge in [0, 0.05) is 37.6 Å². The average molecular weight is 408 g/mol. The first-order valence-corrected chi connectivity index (χ1v) is 8.53. The summed E-state index contributed by atoms with van der Waals surface area (Å²) in [6, 6.07) is 0. The number of carbonyl (C=O) groups is 2. The van der Waals surface area contributed by atoms with Crippen LogP contribution >= 0.6 is 0 Å². The molecule has 0 fully saturated rings. The Morgan fingerprint density at radius 2 is 1.17 bits per heavy atom. The first-order chi connectivity index (χ1) is 14.0. The highest BCUT2D eigenvalue weighted by molar-refractivity contribution is 5.85. The van der Waals surface area contributed by atoms with Gasteiger partial charge < -0.3 is 9.47 Å². The van der Waals surface area contributed by atoms with Crippen molar-refractivity contribution in [3.63, 3.8) is 0 Å². The zero-order valence-electron chi connectivity index (χ0n) is 15.9. The van der Waals surface area contributed by atoms with E-state index in [-0.39, 0.29) is 0 Å². The molecule has 29 heavy (non-hydrogen) atoms. The van der Waals surface area contributed by atoms with Crippen molar-refractivity contribution in [3.8, 4) is 0 Å². The second-order valence-corrected chi connectivity index (χ2v) is 5.60. The first kappa shape index (κ1) is 21.5. The third kappa shape index (κ3) is 6.08. The molecule has 0 atom stereocenters. The van der Waals surface area contributed by atoms with E-state index in [1.807, 2.05) is 0 Å². The molecule has 14 heteroatoms. The van der Waals surface area contributed by atoms with Crippen molar-refractivity contribution in [1.29, 1.82) is 0 Å². The monoisotopic (exact) mass is 408 g/mol. The van der Waals surface area contributed by atoms with Gasteiger partial charge in [0.05, 0.1) is 14.2 Å². The summed E-state index contributed by atoms with van der Waals surface area (Å²) < 4.78 is 13.1. The molecule has 14 nitrogen and oxygen atoms in total. The van der Waals surface area contributed by atoms with Crippen LogP contribution in [0.2, 0.25) is 0 Å². The van der Waals surface area contributed by atoms with Gasteiger partial charge in [0.2, 0.25) is 0 Å². The van der Waals surface area contributed by atoms with Crippen LogP contribution in [0, 0.1) is 0 Å². The third-order valence-electron chi connectivity index (χ3n) is 3.67. The van der Waals surface area contributed by atoms with Gasteiger partial charge in [-0.3, -0.25) is 0 Å². The number of tetrazole rings is 2. The molecule has 2 rings (SSSR count). The van der Waals surface area contributed by atoms with E-state index in [0.29, 0.717) is 32.4 Å². The molecule has 0 amide bonds. The van der Waals surface area contributed by atoms with Gasteiger partial charge in [-0.2, -0.15) is 18.7 Å². The van der Waals surface area contributed by atoms with Gasteiger partial charge in [0.1, 0.15) is 0 Å². The fourth-order valence-electron chi connectivity index (χ4n) is 2.14. The number of carbonyl (C=O) groups excluding carboxylic acids is 2. The van der Waals surface area contributed by atoms with Crippen LogP contribution in [0.1, 0.15) is 19.3 Å². The Bertz CT molecular complexity index is 930. The number of unbranched alkanes of at least 4 members (excludes halogenated alkanes) is 2. The molecular formula is C15H20N8O6. The smallest absolute Gasteiger partial charge is 0.367 e. The number of aromatic nitrogens is 8. The number of ether oxygens (including phenoxy) is 2. The third-order valence-corrected chi connectivity index (χ3v) is 3.67. The molecule has 2 aromatic heterocycles. The lowest BCUT2D eigenvalue weighted by Crippen LogP contribution is -2.24. The number of esters is 2. The quantitative estimate of drug-likeness (QED) is 0.253. The van der Waals surface area contributed by atoms with Gasteiger partial charge in [-0.15, -0.1) is 0 Å². The minimum atomic E-state index is -0.612. The summed E-state index contributed by atoms with van der Waals surface area (Å²) in [5.74, 6) is -1.22. The molecular weight excluding hydrogens is 388 g/mol. The van der Waals surface area contributed by atoms with E-state index in [1.165, 1.54) is 36.0 Å². The molecule has 0 bridgehead atoms. The highest BCUT2D eigenvalue weighted by atomic mass is 16.5. The first-order valence-electron chi connectivity index (χ1n) is 8.53. The Balaban J connectivity index is 1.80. The summed E-state index contributed by atoms with van der Waals surface area (Å²) >= 11 is 0. The Labute approximate surface area is 163 Å². The average Bonchev–Trinajstić information content (AvgIpc) is 3.26. The van der Waals surface area contributed by atoms with E-state index in [1.54, 1.807) is 0 Å². The predicted molar refractivity (Wildman–Crippen MR) is 97.1 cm³/mol. The van der Waals surface area contributed by atoms with E-state index >= 15 is 0 Å². The molecule has 156 valence electrons. The van der Waals surface area contributed by atoms with Crippen molar-refractivity contribution in [2.24, 2.45) is 0 Å². The fourth-order valence-corrected chi connectivity index (χ4v) is 2.14. The Kier molecular flexibility index (Phi) is 7.76. The summed E-state index contributed by atoms with van der Waals surface area (Å²) in [6.07, 6.45) is 6.38. The molecule has 0 aliphatic carbocycles. The van der Waals surface area contributed by atoms with E-state index in [9.17, 15) is 19.2 Å². The van der Waals surface area contributed by atoms with Crippen molar-refractivity contribution < 1.29 is 19.1 Å². The molecule has 0 aliphatic heterocycles. The summed E-state index contributed by atoms with van der Waals surface area (Å²) in [7, 11) is 2.44. The molecule has 0 aliphatic rings. The van der Waals surface area contributed by atoms with E-state index in [2.05, 4.69) is 30.3 Å². The predicted octanol–water partition coefficient (Wildman–Crippen LogP) is -1.65. The van der Waals surface area contributed by atoms with Crippen LogP contribution in [-0.4, -0.2) is 65.7 Å². The van der Waals surface area contributed by atoms with Gasteiger partial charge in [0.15, 0.2) is 0 Å². The standard InChI is InChI=1S/C15H20N8O6/c1-28-12(24)6-10-22-14(26)20(16-18-22)8-4-3-5-9-21-15(27)23(19-17-21)11-7-13(25)29-2/h6-7,10-11H,3-5,8-9H2,1-2H3/b10-6+,11-7+. The van der Waals surface area contributed by atoms with Crippen molar-refractivity contribution in [1.82, 2.24) is 39.6 Å². The Morgan fingerprint density at radius 3 is 1.55 bits per heavy atom. The number of methoxy groups -OCH3 is 2. The molecule has 0 spiro atoms. The lowest BCUT2D eigenvalue weighted by Gasteiger charge is -2.00. The van der Waals surface area contributed by atoms with Crippen molar-refractivity contribution >= 4 is 24.3 Å². The lowest BCUT2D eigenvalue weighted by molar-refractivity contribution is -0.135. The van der Waals surface area contributed by atoms with E-state index in [0.717, 1.165) is 21.5 Å². The number of aryl methyl sites for hydroxylation is 2. The van der Waals surface area contributed by atoms with Crippen molar-refractivity contribution in [2.45, 2.75) is 32.4 Å². The number of hydrogen-bond donors (Lipinski definition) is 0. The summed E-state index contributed by atoms with van der Waals surface area (Å²) in [4.78, 5) is 46.1. The van der Waals surface area contributed by atoms with Crippen LogP contribution in [0.25, 0.3) is 12.4 Å². The lowest BCUT2D eigenvalue weighted by atomic mass is 10.2. The van der Waals surface area contributed by atoms with Gasteiger partial charge in [-0.25, -0.2) is 19.2 Å².